The van der Waals surface area contributed by atoms with Crippen LogP contribution in [0.15, 0.2) is 18.5 Å². The number of hydrogen-bond donors (Lipinski definition) is 2. The average Bonchev–Trinajstić information content (AvgIpc) is 3.44. The third kappa shape index (κ3) is 3.23. The number of aromatic nitrogens is 5. The Balaban J connectivity index is 1.38. The number of carbonyl (C=O) groups is 1. The highest BCUT2D eigenvalue weighted by Gasteiger charge is 2.40. The molecule has 1 saturated carbocycles. The van der Waals surface area contributed by atoms with E-state index in [0.29, 0.717) is 19.0 Å². The summed E-state index contributed by atoms with van der Waals surface area (Å²) in [7, 11) is 0. The van der Waals surface area contributed by atoms with Crippen molar-refractivity contribution in [3.63, 3.8) is 0 Å². The van der Waals surface area contributed by atoms with E-state index in [2.05, 4.69) is 31.5 Å². The largest absolute Gasteiger partial charge is 0.446 e. The van der Waals surface area contributed by atoms with Crippen LogP contribution in [0.1, 0.15) is 50.8 Å². The quantitative estimate of drug-likeness (QED) is 0.702. The summed E-state index contributed by atoms with van der Waals surface area (Å²) in [5, 5.41) is 18.6. The Labute approximate surface area is 168 Å². The number of nitrogens with one attached hydrogen (secondary N) is 1. The molecule has 0 aromatic carbocycles. The van der Waals surface area contributed by atoms with E-state index in [1.165, 1.54) is 0 Å². The molecular weight excluding hydrogens is 372 g/mol. The van der Waals surface area contributed by atoms with Crippen LogP contribution in [0.2, 0.25) is 0 Å². The molecule has 0 spiro atoms. The molecule has 154 valence electrons. The molecular formula is C20H26N6O3. The van der Waals surface area contributed by atoms with E-state index < -0.39 is 6.10 Å². The van der Waals surface area contributed by atoms with Gasteiger partial charge >= 0.3 is 6.09 Å². The van der Waals surface area contributed by atoms with Gasteiger partial charge in [-0.25, -0.2) is 9.78 Å². The van der Waals surface area contributed by atoms with Gasteiger partial charge in [0.2, 0.25) is 0 Å². The number of aliphatic hydroxyl groups excluding tert-OH is 1. The summed E-state index contributed by atoms with van der Waals surface area (Å²) in [5.74, 6) is 1.44. The first-order valence-electron chi connectivity index (χ1n) is 10.4. The van der Waals surface area contributed by atoms with Gasteiger partial charge in [-0.3, -0.25) is 4.40 Å². The molecule has 2 fully saturated rings. The maximum atomic E-state index is 12.6. The van der Waals surface area contributed by atoms with Crippen LogP contribution >= 0.6 is 0 Å². The highest BCUT2D eigenvalue weighted by Crippen LogP contribution is 2.42. The molecule has 3 aromatic heterocycles. The summed E-state index contributed by atoms with van der Waals surface area (Å²) in [4.78, 5) is 21.7. The van der Waals surface area contributed by atoms with Gasteiger partial charge in [-0.2, -0.15) is 0 Å². The van der Waals surface area contributed by atoms with E-state index in [0.717, 1.165) is 54.7 Å². The van der Waals surface area contributed by atoms with Crippen molar-refractivity contribution < 1.29 is 14.6 Å². The second-order valence-electron chi connectivity index (χ2n) is 8.22. The molecule has 2 N–H and O–H groups in total. The Morgan fingerprint density at radius 3 is 3.10 bits per heavy atom. The van der Waals surface area contributed by atoms with Gasteiger partial charge in [-0.05, 0) is 37.7 Å². The number of aliphatic hydroxyl groups is 1. The number of hydrogen-bond acceptors (Lipinski definition) is 6. The Hall–Kier alpha value is -2.68. The fourth-order valence-corrected chi connectivity index (χ4v) is 4.91. The van der Waals surface area contributed by atoms with Crippen molar-refractivity contribution in [3.05, 3.63) is 24.3 Å². The number of rotatable bonds is 3. The van der Waals surface area contributed by atoms with Gasteiger partial charge < -0.3 is 19.7 Å². The third-order valence-electron chi connectivity index (χ3n) is 6.40. The summed E-state index contributed by atoms with van der Waals surface area (Å²) in [6, 6.07) is 1.98. The van der Waals surface area contributed by atoms with Gasteiger partial charge in [0.25, 0.3) is 0 Å². The minimum Gasteiger partial charge on any atom is -0.446 e. The molecule has 29 heavy (non-hydrogen) atoms. The highest BCUT2D eigenvalue weighted by molar-refractivity contribution is 5.74. The number of β-amino-alcohol motifs (C(OH)–C–C–N with tert-alkyl or cyclic N) is 1. The van der Waals surface area contributed by atoms with Crippen LogP contribution in [0.4, 0.5) is 4.79 Å². The number of piperidine rings is 1. The molecule has 1 aliphatic carbocycles. The Morgan fingerprint density at radius 1 is 1.38 bits per heavy atom. The van der Waals surface area contributed by atoms with Gasteiger partial charge in [0, 0.05) is 25.2 Å². The molecule has 0 bridgehead atoms. The van der Waals surface area contributed by atoms with Gasteiger partial charge in [-0.1, -0.05) is 13.3 Å². The molecule has 2 aliphatic rings. The zero-order valence-electron chi connectivity index (χ0n) is 16.5. The number of H-pyrrole nitrogens is 1. The van der Waals surface area contributed by atoms with E-state index >= 15 is 0 Å². The topological polar surface area (TPSA) is 109 Å². The standard InChI is InChI=1S/C20H26N6O3/c1-2-12-8-14(29-20(28)25-7-3-4-13(27)11-25)9-15(12)19-24-23-17-10-22-18-16(26(17)19)5-6-21-18/h5-6,10,12-15,21,27H,2-4,7-9,11H2,1H3. The van der Waals surface area contributed by atoms with Crippen molar-refractivity contribution in [1.82, 2.24) is 29.5 Å². The molecule has 4 heterocycles. The summed E-state index contributed by atoms with van der Waals surface area (Å²) < 4.78 is 7.91. The first kappa shape index (κ1) is 18.4. The lowest BCUT2D eigenvalue weighted by Crippen LogP contribution is -2.43. The predicted molar refractivity (Wildman–Crippen MR) is 105 cm³/mol. The Bertz CT molecular complexity index is 1030. The smallest absolute Gasteiger partial charge is 0.410 e. The van der Waals surface area contributed by atoms with Crippen molar-refractivity contribution in [2.24, 2.45) is 5.92 Å². The van der Waals surface area contributed by atoms with Crippen molar-refractivity contribution in [2.45, 2.75) is 57.2 Å². The molecule has 9 nitrogen and oxygen atoms in total. The van der Waals surface area contributed by atoms with Crippen molar-refractivity contribution >= 4 is 22.9 Å². The van der Waals surface area contributed by atoms with Crippen LogP contribution in [0.25, 0.3) is 16.8 Å². The van der Waals surface area contributed by atoms with E-state index in [9.17, 15) is 9.90 Å². The number of ether oxygens (including phenoxy) is 1. The van der Waals surface area contributed by atoms with Gasteiger partial charge in [-0.15, -0.1) is 10.2 Å². The van der Waals surface area contributed by atoms with Crippen LogP contribution in [-0.4, -0.2) is 66.0 Å². The Kier molecular flexibility index (Phi) is 4.61. The molecule has 1 saturated heterocycles. The van der Waals surface area contributed by atoms with Gasteiger partial charge in [0.15, 0.2) is 11.3 Å². The molecule has 1 aliphatic heterocycles. The second-order valence-corrected chi connectivity index (χ2v) is 8.22. The van der Waals surface area contributed by atoms with Gasteiger partial charge in [0.1, 0.15) is 11.9 Å². The zero-order chi connectivity index (χ0) is 20.0. The van der Waals surface area contributed by atoms with E-state index in [1.807, 2.05) is 12.3 Å². The minimum atomic E-state index is -0.448. The SMILES string of the molecule is CCC1CC(OC(=O)N2CCCC(O)C2)CC1c1nnc2cnc3[nH]ccc3n12. The lowest BCUT2D eigenvalue weighted by atomic mass is 9.93. The predicted octanol–water partition coefficient (Wildman–Crippen LogP) is 2.47. The molecule has 1 amide bonds. The average molecular weight is 398 g/mol. The fraction of sp³-hybridized carbons (Fsp3) is 0.600. The lowest BCUT2D eigenvalue weighted by Gasteiger charge is -2.30. The molecule has 9 heteroatoms. The third-order valence-corrected chi connectivity index (χ3v) is 6.40. The number of amides is 1. The maximum absolute atomic E-state index is 12.6. The first-order chi connectivity index (χ1) is 14.1. The van der Waals surface area contributed by atoms with Crippen molar-refractivity contribution in [1.29, 1.82) is 0 Å². The number of nitrogens with zero attached hydrogens (tertiary/aromatic N) is 5. The summed E-state index contributed by atoms with van der Waals surface area (Å²) >= 11 is 0. The maximum Gasteiger partial charge on any atom is 0.410 e. The Morgan fingerprint density at radius 2 is 2.28 bits per heavy atom. The normalized spacial score (nSPS) is 27.7. The van der Waals surface area contributed by atoms with Crippen LogP contribution in [0, 0.1) is 5.92 Å². The number of fused-ring (bicyclic) bond motifs is 3. The van der Waals surface area contributed by atoms with E-state index in [-0.39, 0.29) is 18.1 Å². The second kappa shape index (κ2) is 7.29. The summed E-state index contributed by atoms with van der Waals surface area (Å²) in [6.07, 6.45) is 6.78. The van der Waals surface area contributed by atoms with Crippen molar-refractivity contribution in [2.75, 3.05) is 13.1 Å². The first-order valence-corrected chi connectivity index (χ1v) is 10.4. The minimum absolute atomic E-state index is 0.146. The number of carbonyl (C=O) groups excluding carboxylic acids is 1. The van der Waals surface area contributed by atoms with Crippen molar-refractivity contribution in [3.8, 4) is 0 Å². The number of aromatic amines is 1. The molecule has 5 rings (SSSR count). The molecule has 4 unspecified atom stereocenters. The molecule has 4 atom stereocenters. The monoisotopic (exact) mass is 398 g/mol. The lowest BCUT2D eigenvalue weighted by molar-refractivity contribution is 0.0292. The molecule has 0 radical (unpaired) electrons. The van der Waals surface area contributed by atoms with Gasteiger partial charge in [0.05, 0.1) is 17.8 Å². The summed E-state index contributed by atoms with van der Waals surface area (Å²) in [6.45, 7) is 3.18. The van der Waals surface area contributed by atoms with E-state index in [4.69, 9.17) is 4.74 Å². The van der Waals surface area contributed by atoms with Crippen LogP contribution in [-0.2, 0) is 4.74 Å². The summed E-state index contributed by atoms with van der Waals surface area (Å²) in [5.41, 5.74) is 2.49. The van der Waals surface area contributed by atoms with E-state index in [1.54, 1.807) is 11.1 Å². The zero-order valence-corrected chi connectivity index (χ0v) is 16.5. The highest BCUT2D eigenvalue weighted by atomic mass is 16.6. The molecule has 3 aromatic rings. The van der Waals surface area contributed by atoms with Crippen LogP contribution in [0.3, 0.4) is 0 Å². The fourth-order valence-electron chi connectivity index (χ4n) is 4.91. The number of likely N-dealkylation sites (tertiary alicyclic amines) is 1. The van der Waals surface area contributed by atoms with Crippen LogP contribution in [0.5, 0.6) is 0 Å². The van der Waals surface area contributed by atoms with Crippen LogP contribution < -0.4 is 0 Å².